The zero-order valence-electron chi connectivity index (χ0n) is 18.5. The van der Waals surface area contributed by atoms with E-state index < -0.39 is 11.7 Å². The van der Waals surface area contributed by atoms with Gasteiger partial charge in [-0.05, 0) is 70.4 Å². The number of ether oxygens (including phenoxy) is 2. The van der Waals surface area contributed by atoms with Crippen molar-refractivity contribution in [2.24, 2.45) is 5.41 Å². The van der Waals surface area contributed by atoms with Gasteiger partial charge in [-0.3, -0.25) is 0 Å². The summed E-state index contributed by atoms with van der Waals surface area (Å²) in [5.74, 6) is -0.344. The minimum atomic E-state index is -0.527. The number of esters is 1. The Bertz CT molecular complexity index is 738. The van der Waals surface area contributed by atoms with Crippen LogP contribution in [0.1, 0.15) is 60.3 Å². The second-order valence-electron chi connectivity index (χ2n) is 9.10. The number of allylic oxidation sites excluding steroid dienone is 6. The Morgan fingerprint density at radius 3 is 2.72 bits per heavy atom. The van der Waals surface area contributed by atoms with Crippen LogP contribution in [0.5, 0.6) is 0 Å². The van der Waals surface area contributed by atoms with Gasteiger partial charge in [0.2, 0.25) is 0 Å². The van der Waals surface area contributed by atoms with Crippen LogP contribution in [0.2, 0.25) is 0 Å². The number of hydrogen-bond donors (Lipinski definition) is 1. The molecular weight excluding hydrogens is 364 g/mol. The molecule has 29 heavy (non-hydrogen) atoms. The Hall–Kier alpha value is -1.91. The number of carbonyl (C=O) groups excluding carboxylic acids is 1. The summed E-state index contributed by atoms with van der Waals surface area (Å²) in [6.45, 7) is 13.9. The minimum absolute atomic E-state index is 0.0132. The summed E-state index contributed by atoms with van der Waals surface area (Å²) in [5.41, 5.74) is 2.25. The molecule has 2 rings (SSSR count). The highest BCUT2D eigenvalue weighted by Gasteiger charge is 2.58. The van der Waals surface area contributed by atoms with Crippen molar-refractivity contribution in [1.29, 1.82) is 0 Å². The molecule has 1 saturated heterocycles. The molecule has 0 amide bonds. The van der Waals surface area contributed by atoms with Gasteiger partial charge in [-0.25, -0.2) is 4.79 Å². The maximum absolute atomic E-state index is 12.3. The van der Waals surface area contributed by atoms with Gasteiger partial charge < -0.3 is 14.6 Å². The van der Waals surface area contributed by atoms with Crippen molar-refractivity contribution in [3.63, 3.8) is 0 Å². The zero-order valence-corrected chi connectivity index (χ0v) is 18.5. The van der Waals surface area contributed by atoms with Gasteiger partial charge in [0, 0.05) is 6.08 Å². The van der Waals surface area contributed by atoms with E-state index in [9.17, 15) is 9.90 Å². The van der Waals surface area contributed by atoms with E-state index in [-0.39, 0.29) is 24.1 Å². The van der Waals surface area contributed by atoms with Crippen LogP contribution in [-0.4, -0.2) is 35.5 Å². The molecule has 4 nitrogen and oxygen atoms in total. The Balaban J connectivity index is 2.32. The number of carbonyl (C=O) groups is 1. The van der Waals surface area contributed by atoms with Crippen molar-refractivity contribution < 1.29 is 19.4 Å². The van der Waals surface area contributed by atoms with Gasteiger partial charge >= 0.3 is 5.97 Å². The predicted octanol–water partition coefficient (Wildman–Crippen LogP) is 5.21. The summed E-state index contributed by atoms with van der Waals surface area (Å²) in [6.07, 6.45) is 14.7. The maximum Gasteiger partial charge on any atom is 0.331 e. The molecule has 1 aliphatic heterocycles. The van der Waals surface area contributed by atoms with Crippen molar-refractivity contribution in [3.05, 3.63) is 59.8 Å². The smallest absolute Gasteiger partial charge is 0.331 e. The molecule has 160 valence electrons. The standard InChI is InChI=1S/C25H36O4/c1-18(2)8-7-13-24(5)14-11-20(17-26)9-10-22-25(6,29-22)21(12-15-24)28-23(27)16-19(3)4/h7-8,11-12,15-16,21-22,26H,1,9-10,13-14,17H2,2-6H3/b8-7+,15-12-,20-11+/t21-,22+,24+,25+/m1/s1. The average molecular weight is 401 g/mol. The fourth-order valence-electron chi connectivity index (χ4n) is 3.62. The van der Waals surface area contributed by atoms with Crippen LogP contribution in [-0.2, 0) is 14.3 Å². The van der Waals surface area contributed by atoms with Gasteiger partial charge in [0.15, 0.2) is 6.10 Å². The van der Waals surface area contributed by atoms with Crippen LogP contribution >= 0.6 is 0 Å². The third-order valence-electron chi connectivity index (χ3n) is 5.64. The molecule has 4 atom stereocenters. The van der Waals surface area contributed by atoms with Crippen molar-refractivity contribution in [1.82, 2.24) is 0 Å². The molecule has 0 aromatic carbocycles. The van der Waals surface area contributed by atoms with Crippen molar-refractivity contribution in [3.8, 4) is 0 Å². The van der Waals surface area contributed by atoms with E-state index in [1.165, 1.54) is 6.08 Å². The number of epoxide rings is 1. The van der Waals surface area contributed by atoms with Crippen LogP contribution < -0.4 is 0 Å². The second kappa shape index (κ2) is 9.73. The summed E-state index contributed by atoms with van der Waals surface area (Å²) in [5, 5.41) is 9.75. The summed E-state index contributed by atoms with van der Waals surface area (Å²) in [6, 6.07) is 0. The van der Waals surface area contributed by atoms with Gasteiger partial charge in [-0.15, -0.1) is 0 Å². The van der Waals surface area contributed by atoms with Crippen molar-refractivity contribution >= 4 is 5.97 Å². The van der Waals surface area contributed by atoms with E-state index in [1.807, 2.05) is 39.8 Å². The Morgan fingerprint density at radius 1 is 1.38 bits per heavy atom. The van der Waals surface area contributed by atoms with Crippen LogP contribution in [0.3, 0.4) is 0 Å². The van der Waals surface area contributed by atoms with E-state index in [1.54, 1.807) is 0 Å². The van der Waals surface area contributed by atoms with Crippen LogP contribution in [0.4, 0.5) is 0 Å². The number of rotatable bonds is 6. The lowest BCUT2D eigenvalue weighted by Gasteiger charge is -2.25. The number of fused-ring (bicyclic) bond motifs is 1. The van der Waals surface area contributed by atoms with Crippen LogP contribution in [0.15, 0.2) is 59.8 Å². The summed E-state index contributed by atoms with van der Waals surface area (Å²) in [7, 11) is 0. The minimum Gasteiger partial charge on any atom is -0.452 e. The molecule has 1 N–H and O–H groups in total. The van der Waals surface area contributed by atoms with Gasteiger partial charge in [-0.2, -0.15) is 0 Å². The highest BCUT2D eigenvalue weighted by atomic mass is 16.6. The average Bonchev–Trinajstić information content (AvgIpc) is 3.28. The molecule has 1 fully saturated rings. The molecule has 4 heteroatoms. The molecule has 1 aliphatic carbocycles. The van der Waals surface area contributed by atoms with E-state index in [2.05, 4.69) is 31.7 Å². The molecule has 2 aliphatic rings. The molecule has 0 aromatic rings. The second-order valence-corrected chi connectivity index (χ2v) is 9.10. The fraction of sp³-hybridized carbons (Fsp3) is 0.560. The lowest BCUT2D eigenvalue weighted by molar-refractivity contribution is -0.143. The van der Waals surface area contributed by atoms with E-state index in [0.29, 0.717) is 0 Å². The van der Waals surface area contributed by atoms with Gasteiger partial charge in [0.1, 0.15) is 5.60 Å². The topological polar surface area (TPSA) is 59.1 Å². The maximum atomic E-state index is 12.3. The first kappa shape index (κ1) is 23.4. The van der Waals surface area contributed by atoms with Gasteiger partial charge in [-0.1, -0.05) is 49.0 Å². The molecule has 0 unspecified atom stereocenters. The first-order valence-electron chi connectivity index (χ1n) is 10.4. The molecule has 0 bridgehead atoms. The molecule has 1 heterocycles. The van der Waals surface area contributed by atoms with Gasteiger partial charge in [0.25, 0.3) is 0 Å². The van der Waals surface area contributed by atoms with Gasteiger partial charge in [0.05, 0.1) is 12.7 Å². The molecule has 0 spiro atoms. The highest BCUT2D eigenvalue weighted by molar-refractivity contribution is 5.83. The molecule has 0 aromatic heterocycles. The lowest BCUT2D eigenvalue weighted by atomic mass is 9.81. The zero-order chi connectivity index (χ0) is 21.7. The fourth-order valence-corrected chi connectivity index (χ4v) is 3.62. The number of aliphatic hydroxyl groups is 1. The number of aliphatic hydroxyl groups excluding tert-OH is 1. The number of hydrogen-bond acceptors (Lipinski definition) is 4. The van der Waals surface area contributed by atoms with Crippen molar-refractivity contribution in [2.75, 3.05) is 6.61 Å². The first-order valence-corrected chi connectivity index (χ1v) is 10.4. The lowest BCUT2D eigenvalue weighted by Crippen LogP contribution is -2.32. The summed E-state index contributed by atoms with van der Waals surface area (Å²) >= 11 is 0. The molecular formula is C25H36O4. The quantitative estimate of drug-likeness (QED) is 0.219. The van der Waals surface area contributed by atoms with E-state index in [4.69, 9.17) is 9.47 Å². The first-order chi connectivity index (χ1) is 13.6. The Kier molecular flexibility index (Phi) is 7.84. The SMILES string of the molecule is C=C(C)/C=C/C[C@]1(C)/C=C\[C@@H](OC(=O)C=C(C)C)[C@]2(C)O[C@H]2CC/C(CO)=C\C1. The predicted molar refractivity (Wildman–Crippen MR) is 117 cm³/mol. The Labute approximate surface area is 175 Å². The normalized spacial score (nSPS) is 34.9. The monoisotopic (exact) mass is 400 g/mol. The molecule has 0 radical (unpaired) electrons. The summed E-state index contributed by atoms with van der Waals surface area (Å²) < 4.78 is 11.8. The van der Waals surface area contributed by atoms with E-state index in [0.717, 1.165) is 42.4 Å². The largest absolute Gasteiger partial charge is 0.452 e. The summed E-state index contributed by atoms with van der Waals surface area (Å²) in [4.78, 5) is 12.3. The third kappa shape index (κ3) is 6.83. The molecule has 0 saturated carbocycles. The van der Waals surface area contributed by atoms with Crippen LogP contribution in [0, 0.1) is 5.41 Å². The third-order valence-corrected chi connectivity index (χ3v) is 5.64. The Morgan fingerprint density at radius 2 is 2.10 bits per heavy atom. The van der Waals surface area contributed by atoms with E-state index >= 15 is 0 Å². The highest BCUT2D eigenvalue weighted by Crippen LogP contribution is 2.45. The van der Waals surface area contributed by atoms with Crippen molar-refractivity contribution in [2.45, 2.75) is 78.1 Å². The van der Waals surface area contributed by atoms with Crippen LogP contribution in [0.25, 0.3) is 0 Å².